The van der Waals surface area contributed by atoms with Crippen molar-refractivity contribution in [3.63, 3.8) is 0 Å². The number of hydrogen-bond donors (Lipinski definition) is 2. The van der Waals surface area contributed by atoms with Crippen molar-refractivity contribution in [1.29, 1.82) is 0 Å². The molecule has 3 nitrogen and oxygen atoms in total. The summed E-state index contributed by atoms with van der Waals surface area (Å²) >= 11 is 0. The Balaban J connectivity index is 2.13. The Morgan fingerprint density at radius 3 is 2.71 bits per heavy atom. The van der Waals surface area contributed by atoms with E-state index in [4.69, 9.17) is 5.73 Å². The number of rotatable bonds is 2. The van der Waals surface area contributed by atoms with Gasteiger partial charge < -0.3 is 10.8 Å². The normalized spacial score (nSPS) is 20.4. The molecule has 0 radical (unpaired) electrons. The van der Waals surface area contributed by atoms with E-state index in [9.17, 15) is 9.50 Å². The lowest BCUT2D eigenvalue weighted by atomic mass is 10.00. The zero-order valence-corrected chi connectivity index (χ0v) is 10.1. The molecule has 1 heterocycles. The van der Waals surface area contributed by atoms with Gasteiger partial charge in [0.2, 0.25) is 0 Å². The van der Waals surface area contributed by atoms with Gasteiger partial charge in [-0.2, -0.15) is 0 Å². The number of nitrogens with zero attached hydrogens (tertiary/aromatic N) is 1. The van der Waals surface area contributed by atoms with Crippen molar-refractivity contribution >= 4 is 0 Å². The van der Waals surface area contributed by atoms with E-state index < -0.39 is 0 Å². The van der Waals surface area contributed by atoms with Crippen molar-refractivity contribution in [3.8, 4) is 5.75 Å². The highest BCUT2D eigenvalue weighted by Crippen LogP contribution is 2.30. The SMILES string of the molecule is CC(c1cc(F)ccc1O)N1CCC(N)CC1. The summed E-state index contributed by atoms with van der Waals surface area (Å²) in [6, 6.07) is 4.40. The Bertz CT molecular complexity index is 389. The molecule has 1 unspecified atom stereocenters. The van der Waals surface area contributed by atoms with Gasteiger partial charge in [0, 0.05) is 30.7 Å². The number of phenolic OH excluding ortho intramolecular Hbond substituents is 1. The molecule has 3 N–H and O–H groups in total. The minimum absolute atomic E-state index is 0.0261. The summed E-state index contributed by atoms with van der Waals surface area (Å²) in [5.74, 6) is -0.146. The first kappa shape index (κ1) is 12.3. The smallest absolute Gasteiger partial charge is 0.123 e. The van der Waals surface area contributed by atoms with Gasteiger partial charge in [-0.1, -0.05) is 0 Å². The van der Waals surface area contributed by atoms with Crippen LogP contribution in [-0.4, -0.2) is 29.1 Å². The Labute approximate surface area is 101 Å². The summed E-state index contributed by atoms with van der Waals surface area (Å²) in [5.41, 5.74) is 6.51. The number of halogens is 1. The van der Waals surface area contributed by atoms with Gasteiger partial charge in [0.05, 0.1) is 0 Å². The third kappa shape index (κ3) is 2.76. The van der Waals surface area contributed by atoms with Gasteiger partial charge >= 0.3 is 0 Å². The second-order valence-electron chi connectivity index (χ2n) is 4.75. The van der Waals surface area contributed by atoms with Crippen molar-refractivity contribution in [3.05, 3.63) is 29.6 Å². The van der Waals surface area contributed by atoms with E-state index in [0.717, 1.165) is 25.9 Å². The molecule has 1 atom stereocenters. The lowest BCUT2D eigenvalue weighted by Gasteiger charge is -2.35. The highest BCUT2D eigenvalue weighted by Gasteiger charge is 2.23. The second kappa shape index (κ2) is 5.02. The van der Waals surface area contributed by atoms with Crippen LogP contribution in [0.1, 0.15) is 31.4 Å². The molecule has 1 aromatic carbocycles. The Hall–Kier alpha value is -1.13. The lowest BCUT2D eigenvalue weighted by molar-refractivity contribution is 0.161. The van der Waals surface area contributed by atoms with Crippen molar-refractivity contribution in [1.82, 2.24) is 4.90 Å². The van der Waals surface area contributed by atoms with Crippen molar-refractivity contribution in [2.24, 2.45) is 5.73 Å². The van der Waals surface area contributed by atoms with Crippen molar-refractivity contribution in [2.75, 3.05) is 13.1 Å². The summed E-state index contributed by atoms with van der Waals surface area (Å²) < 4.78 is 13.2. The number of phenols is 1. The standard InChI is InChI=1S/C13H19FN2O/c1-9(16-6-4-11(15)5-7-16)12-8-10(14)2-3-13(12)17/h2-3,8-9,11,17H,4-7,15H2,1H3. The monoisotopic (exact) mass is 238 g/mol. The second-order valence-corrected chi connectivity index (χ2v) is 4.75. The van der Waals surface area contributed by atoms with Crippen LogP contribution in [0.15, 0.2) is 18.2 Å². The number of likely N-dealkylation sites (tertiary alicyclic amines) is 1. The number of piperidine rings is 1. The van der Waals surface area contributed by atoms with Crippen LogP contribution in [0, 0.1) is 5.82 Å². The lowest BCUT2D eigenvalue weighted by Crippen LogP contribution is -2.40. The van der Waals surface area contributed by atoms with Gasteiger partial charge in [0.15, 0.2) is 0 Å². The first-order chi connectivity index (χ1) is 8.08. The predicted molar refractivity (Wildman–Crippen MR) is 65.3 cm³/mol. The summed E-state index contributed by atoms with van der Waals surface area (Å²) in [6.07, 6.45) is 1.92. The molecular weight excluding hydrogens is 219 g/mol. The van der Waals surface area contributed by atoms with Crippen LogP contribution in [0.3, 0.4) is 0 Å². The molecule has 94 valence electrons. The third-order valence-corrected chi connectivity index (χ3v) is 3.56. The molecule has 0 aliphatic carbocycles. The third-order valence-electron chi connectivity index (χ3n) is 3.56. The van der Waals surface area contributed by atoms with Gasteiger partial charge in [0.25, 0.3) is 0 Å². The molecule has 1 saturated heterocycles. The first-order valence-corrected chi connectivity index (χ1v) is 6.06. The average molecular weight is 238 g/mol. The van der Waals surface area contributed by atoms with Crippen LogP contribution in [0.4, 0.5) is 4.39 Å². The Morgan fingerprint density at radius 2 is 2.06 bits per heavy atom. The maximum absolute atomic E-state index is 13.2. The van der Waals surface area contributed by atoms with Gasteiger partial charge in [-0.05, 0) is 38.0 Å². The quantitative estimate of drug-likeness (QED) is 0.828. The molecule has 1 fully saturated rings. The van der Waals surface area contributed by atoms with Crippen LogP contribution < -0.4 is 5.73 Å². The van der Waals surface area contributed by atoms with E-state index in [2.05, 4.69) is 4.90 Å². The van der Waals surface area contributed by atoms with Crippen LogP contribution in [0.5, 0.6) is 5.75 Å². The van der Waals surface area contributed by atoms with E-state index in [1.165, 1.54) is 18.2 Å². The molecule has 0 amide bonds. The molecule has 1 aromatic rings. The molecule has 0 spiro atoms. The fourth-order valence-electron chi connectivity index (χ4n) is 2.36. The summed E-state index contributed by atoms with van der Waals surface area (Å²) in [6.45, 7) is 3.79. The number of nitrogens with two attached hydrogens (primary N) is 1. The number of benzene rings is 1. The van der Waals surface area contributed by atoms with Crippen LogP contribution >= 0.6 is 0 Å². The minimum Gasteiger partial charge on any atom is -0.508 e. The van der Waals surface area contributed by atoms with Gasteiger partial charge in [-0.25, -0.2) is 4.39 Å². The minimum atomic E-state index is -0.307. The molecule has 0 saturated carbocycles. The topological polar surface area (TPSA) is 49.5 Å². The zero-order valence-electron chi connectivity index (χ0n) is 10.1. The molecule has 17 heavy (non-hydrogen) atoms. The van der Waals surface area contributed by atoms with E-state index in [0.29, 0.717) is 5.56 Å². The fraction of sp³-hybridized carbons (Fsp3) is 0.538. The van der Waals surface area contributed by atoms with Crippen LogP contribution in [0.2, 0.25) is 0 Å². The van der Waals surface area contributed by atoms with E-state index in [1.54, 1.807) is 0 Å². The highest BCUT2D eigenvalue weighted by molar-refractivity contribution is 5.35. The number of aromatic hydroxyl groups is 1. The first-order valence-electron chi connectivity index (χ1n) is 6.06. The van der Waals surface area contributed by atoms with Crippen molar-refractivity contribution in [2.45, 2.75) is 31.8 Å². The van der Waals surface area contributed by atoms with Gasteiger partial charge in [0.1, 0.15) is 11.6 Å². The molecule has 4 heteroatoms. The molecule has 0 aromatic heterocycles. The molecular formula is C13H19FN2O. The highest BCUT2D eigenvalue weighted by atomic mass is 19.1. The molecule has 2 rings (SSSR count). The average Bonchev–Trinajstić information content (AvgIpc) is 2.32. The Kier molecular flexibility index (Phi) is 3.64. The number of hydrogen-bond acceptors (Lipinski definition) is 3. The van der Waals surface area contributed by atoms with Crippen molar-refractivity contribution < 1.29 is 9.50 Å². The van der Waals surface area contributed by atoms with E-state index in [-0.39, 0.29) is 23.7 Å². The van der Waals surface area contributed by atoms with Gasteiger partial charge in [-0.3, -0.25) is 4.90 Å². The molecule has 0 bridgehead atoms. The zero-order chi connectivity index (χ0) is 12.4. The van der Waals surface area contributed by atoms with E-state index >= 15 is 0 Å². The van der Waals surface area contributed by atoms with E-state index in [1.807, 2.05) is 6.92 Å². The fourth-order valence-corrected chi connectivity index (χ4v) is 2.36. The summed E-state index contributed by atoms with van der Waals surface area (Å²) in [7, 11) is 0. The van der Waals surface area contributed by atoms with Crippen LogP contribution in [0.25, 0.3) is 0 Å². The summed E-state index contributed by atoms with van der Waals surface area (Å²) in [4.78, 5) is 2.23. The largest absolute Gasteiger partial charge is 0.508 e. The van der Waals surface area contributed by atoms with Crippen LogP contribution in [-0.2, 0) is 0 Å². The molecule has 1 aliphatic rings. The summed E-state index contributed by atoms with van der Waals surface area (Å²) in [5, 5.41) is 9.77. The Morgan fingerprint density at radius 1 is 1.41 bits per heavy atom. The maximum atomic E-state index is 13.2. The van der Waals surface area contributed by atoms with Gasteiger partial charge in [-0.15, -0.1) is 0 Å². The predicted octanol–water partition coefficient (Wildman–Crippen LogP) is 2.02. The molecule has 1 aliphatic heterocycles. The maximum Gasteiger partial charge on any atom is 0.123 e.